The van der Waals surface area contributed by atoms with E-state index in [-0.39, 0.29) is 0 Å². The zero-order valence-electron chi connectivity index (χ0n) is 13.0. The molecule has 3 aromatic heterocycles. The summed E-state index contributed by atoms with van der Waals surface area (Å²) in [6.07, 6.45) is 2.15. The summed E-state index contributed by atoms with van der Waals surface area (Å²) in [7, 11) is 0. The molecule has 0 radical (unpaired) electrons. The molecule has 6 rings (SSSR count). The normalized spacial score (nSPS) is 12.2. The van der Waals surface area contributed by atoms with Crippen molar-refractivity contribution in [2.24, 2.45) is 0 Å². The minimum Gasteiger partial charge on any atom is -0.302 e. The minimum absolute atomic E-state index is 1.19. The lowest BCUT2D eigenvalue weighted by Gasteiger charge is -1.99. The zero-order chi connectivity index (χ0) is 15.7. The number of hydrogen-bond acceptors (Lipinski definition) is 0. The van der Waals surface area contributed by atoms with Crippen molar-refractivity contribution in [3.05, 3.63) is 85.1 Å². The molecule has 2 heteroatoms. The second-order valence-corrected chi connectivity index (χ2v) is 6.31. The molecule has 24 heavy (non-hydrogen) atoms. The van der Waals surface area contributed by atoms with E-state index in [1.54, 1.807) is 0 Å². The number of rotatable bonds is 0. The molecule has 0 aliphatic heterocycles. The van der Waals surface area contributed by atoms with Gasteiger partial charge < -0.3 is 4.40 Å². The molecule has 3 heterocycles. The first-order valence-corrected chi connectivity index (χ1v) is 8.23. The highest BCUT2D eigenvalue weighted by atomic mass is 15.0. The van der Waals surface area contributed by atoms with E-state index in [4.69, 9.17) is 0 Å². The van der Waals surface area contributed by atoms with Gasteiger partial charge in [0.1, 0.15) is 5.65 Å². The average Bonchev–Trinajstić information content (AvgIpc) is 3.21. The van der Waals surface area contributed by atoms with Crippen LogP contribution in [-0.4, -0.2) is 8.80 Å². The molecular weight excluding hydrogens is 292 g/mol. The van der Waals surface area contributed by atoms with Gasteiger partial charge in [0, 0.05) is 27.7 Å². The van der Waals surface area contributed by atoms with Crippen molar-refractivity contribution in [3.63, 3.8) is 0 Å². The van der Waals surface area contributed by atoms with Gasteiger partial charge in [-0.2, -0.15) is 0 Å². The predicted molar refractivity (Wildman–Crippen MR) is 101 cm³/mol. The van der Waals surface area contributed by atoms with E-state index in [2.05, 4.69) is 93.9 Å². The Morgan fingerprint density at radius 1 is 0.500 bits per heavy atom. The van der Waals surface area contributed by atoms with E-state index < -0.39 is 0 Å². The Kier molecular flexibility index (Phi) is 2.12. The lowest BCUT2D eigenvalue weighted by molar-refractivity contribution is 1.19. The molecule has 2 nitrogen and oxygen atoms in total. The van der Waals surface area contributed by atoms with Crippen molar-refractivity contribution in [1.82, 2.24) is 8.80 Å². The van der Waals surface area contributed by atoms with Gasteiger partial charge in [0.25, 0.3) is 0 Å². The third kappa shape index (κ3) is 1.32. The fourth-order valence-corrected chi connectivity index (χ4v) is 4.14. The average molecular weight is 306 g/mol. The van der Waals surface area contributed by atoms with Crippen molar-refractivity contribution >= 4 is 43.7 Å². The smallest absolute Gasteiger partial charge is 0.122 e. The Labute approximate surface area is 138 Å². The summed E-state index contributed by atoms with van der Waals surface area (Å²) >= 11 is 0. The Hall–Kier alpha value is -3.26. The van der Waals surface area contributed by atoms with Crippen LogP contribution in [0.1, 0.15) is 0 Å². The predicted octanol–water partition coefficient (Wildman–Crippen LogP) is 5.65. The van der Waals surface area contributed by atoms with E-state index >= 15 is 0 Å². The quantitative estimate of drug-likeness (QED) is 0.343. The number of fused-ring (bicyclic) bond motifs is 8. The molecule has 0 unspecified atom stereocenters. The van der Waals surface area contributed by atoms with E-state index in [9.17, 15) is 0 Å². The number of aromatic nitrogens is 2. The summed E-state index contributed by atoms with van der Waals surface area (Å²) in [6, 6.07) is 28.3. The molecule has 0 bridgehead atoms. The third-order valence-electron chi connectivity index (χ3n) is 5.10. The first-order valence-electron chi connectivity index (χ1n) is 8.23. The van der Waals surface area contributed by atoms with Gasteiger partial charge in [-0.05, 0) is 24.3 Å². The molecule has 0 fully saturated rings. The summed E-state index contributed by atoms with van der Waals surface area (Å²) < 4.78 is 4.70. The van der Waals surface area contributed by atoms with Crippen LogP contribution in [0, 0.1) is 0 Å². The highest BCUT2D eigenvalue weighted by molar-refractivity contribution is 6.19. The van der Waals surface area contributed by atoms with Gasteiger partial charge in [0.15, 0.2) is 0 Å². The Balaban J connectivity index is 2.18. The molecule has 0 saturated heterocycles. The van der Waals surface area contributed by atoms with Crippen LogP contribution in [0.15, 0.2) is 85.1 Å². The van der Waals surface area contributed by atoms with Crippen molar-refractivity contribution in [2.45, 2.75) is 0 Å². The van der Waals surface area contributed by atoms with Crippen LogP contribution in [0.25, 0.3) is 43.7 Å². The van der Waals surface area contributed by atoms with E-state index in [0.717, 1.165) is 0 Å². The van der Waals surface area contributed by atoms with Gasteiger partial charge in [0.05, 0.1) is 16.6 Å². The van der Waals surface area contributed by atoms with Crippen LogP contribution < -0.4 is 0 Å². The second-order valence-electron chi connectivity index (χ2n) is 6.31. The standard InChI is InChI=1S/C22H14N2/c1-3-11-19-15(7-1)17-9-5-10-18-16-8-2-4-12-20(16)24(22(17)18)21-13-6-14-23(19)21/h1-14H. The maximum atomic E-state index is 2.40. The fraction of sp³-hybridized carbons (Fsp3) is 0. The number of para-hydroxylation sites is 3. The van der Waals surface area contributed by atoms with Gasteiger partial charge >= 0.3 is 0 Å². The van der Waals surface area contributed by atoms with Crippen molar-refractivity contribution in [3.8, 4) is 0 Å². The van der Waals surface area contributed by atoms with Gasteiger partial charge in [0.2, 0.25) is 0 Å². The fourth-order valence-electron chi connectivity index (χ4n) is 4.14. The minimum atomic E-state index is 1.19. The summed E-state index contributed by atoms with van der Waals surface area (Å²) in [5.41, 5.74) is 4.98. The van der Waals surface area contributed by atoms with Crippen molar-refractivity contribution in [2.75, 3.05) is 0 Å². The molecule has 112 valence electrons. The summed E-state index contributed by atoms with van der Waals surface area (Å²) in [5.74, 6) is 0. The summed E-state index contributed by atoms with van der Waals surface area (Å²) in [6.45, 7) is 0. The third-order valence-corrected chi connectivity index (χ3v) is 5.10. The van der Waals surface area contributed by atoms with Crippen LogP contribution in [0.5, 0.6) is 0 Å². The Bertz CT molecular complexity index is 1400. The van der Waals surface area contributed by atoms with Gasteiger partial charge in [-0.1, -0.05) is 54.6 Å². The molecule has 6 aromatic rings. The van der Waals surface area contributed by atoms with Crippen LogP contribution in [0.4, 0.5) is 0 Å². The highest BCUT2D eigenvalue weighted by Crippen LogP contribution is 2.35. The number of hydrogen-bond donors (Lipinski definition) is 0. The van der Waals surface area contributed by atoms with Gasteiger partial charge in [-0.25, -0.2) is 0 Å². The molecular formula is C22H14N2. The largest absolute Gasteiger partial charge is 0.302 e. The van der Waals surface area contributed by atoms with Gasteiger partial charge in [-0.15, -0.1) is 0 Å². The number of benzene rings is 3. The first kappa shape index (κ1) is 12.2. The Morgan fingerprint density at radius 2 is 1.12 bits per heavy atom. The molecule has 0 amide bonds. The summed E-state index contributed by atoms with van der Waals surface area (Å²) in [5, 5.41) is 5.19. The van der Waals surface area contributed by atoms with Crippen molar-refractivity contribution < 1.29 is 0 Å². The molecule has 0 aliphatic carbocycles. The zero-order valence-corrected chi connectivity index (χ0v) is 13.0. The number of nitrogens with zero attached hydrogens (tertiary/aromatic N) is 2. The van der Waals surface area contributed by atoms with E-state index in [1.165, 1.54) is 43.7 Å². The maximum Gasteiger partial charge on any atom is 0.122 e. The monoisotopic (exact) mass is 306 g/mol. The molecule has 0 aliphatic rings. The van der Waals surface area contributed by atoms with Crippen LogP contribution in [0.2, 0.25) is 0 Å². The van der Waals surface area contributed by atoms with Crippen LogP contribution in [-0.2, 0) is 0 Å². The SMILES string of the molecule is c1ccc2c(c1)c1cccc3c4ccccc4n(c13)c1cccn21. The molecule has 0 saturated carbocycles. The molecule has 0 atom stereocenters. The lowest BCUT2D eigenvalue weighted by atomic mass is 10.1. The highest BCUT2D eigenvalue weighted by Gasteiger charge is 2.14. The van der Waals surface area contributed by atoms with E-state index in [0.29, 0.717) is 0 Å². The van der Waals surface area contributed by atoms with Crippen LogP contribution >= 0.6 is 0 Å². The first-order chi connectivity index (χ1) is 11.9. The van der Waals surface area contributed by atoms with Crippen molar-refractivity contribution in [1.29, 1.82) is 0 Å². The van der Waals surface area contributed by atoms with E-state index in [1.807, 2.05) is 0 Å². The molecule has 3 aromatic carbocycles. The summed E-state index contributed by atoms with van der Waals surface area (Å²) in [4.78, 5) is 0. The molecule has 0 N–H and O–H groups in total. The second kappa shape index (κ2) is 4.18. The molecule has 0 spiro atoms. The Morgan fingerprint density at radius 3 is 1.92 bits per heavy atom. The maximum absolute atomic E-state index is 2.40. The van der Waals surface area contributed by atoms with Crippen LogP contribution in [0.3, 0.4) is 0 Å². The lowest BCUT2D eigenvalue weighted by Crippen LogP contribution is -1.87. The van der Waals surface area contributed by atoms with Gasteiger partial charge in [-0.3, -0.25) is 4.40 Å². The topological polar surface area (TPSA) is 8.82 Å².